The molecule has 4 aliphatic rings. The van der Waals surface area contributed by atoms with Gasteiger partial charge < -0.3 is 24.4 Å². The molecule has 166 valence electrons. The fourth-order valence-corrected chi connectivity index (χ4v) is 5.03. The summed E-state index contributed by atoms with van der Waals surface area (Å²) in [5.41, 5.74) is -1.98. The van der Waals surface area contributed by atoms with Crippen molar-refractivity contribution in [3.8, 4) is 0 Å². The highest BCUT2D eigenvalue weighted by Gasteiger charge is 2.65. The summed E-state index contributed by atoms with van der Waals surface area (Å²) in [7, 11) is 0. The van der Waals surface area contributed by atoms with Crippen LogP contribution in [0.4, 0.5) is 0 Å². The number of hydrogen-bond acceptors (Lipinski definition) is 9. The Balaban J connectivity index is 1.82. The minimum absolute atomic E-state index is 0.0198. The van der Waals surface area contributed by atoms with Gasteiger partial charge >= 0.3 is 11.9 Å². The molecular weight excluding hydrogens is 392 g/mol. The molecule has 9 nitrogen and oxygen atoms in total. The molecule has 9 heteroatoms. The first-order chi connectivity index (χ1) is 14.0. The highest BCUT2D eigenvalue weighted by molar-refractivity contribution is 5.85. The van der Waals surface area contributed by atoms with Gasteiger partial charge in [-0.25, -0.2) is 4.79 Å². The molecule has 0 aromatic heterocycles. The predicted molar refractivity (Wildman–Crippen MR) is 103 cm³/mol. The molecule has 0 aliphatic carbocycles. The molecule has 0 amide bonds. The summed E-state index contributed by atoms with van der Waals surface area (Å²) in [6.07, 6.45) is 0.131. The van der Waals surface area contributed by atoms with Gasteiger partial charge in [0.2, 0.25) is 0 Å². The van der Waals surface area contributed by atoms with Crippen LogP contribution in [0.3, 0.4) is 0 Å². The molecule has 0 saturated carbocycles. The fourth-order valence-electron chi connectivity index (χ4n) is 5.03. The SMILES string of the molecule is CCC(C)C(=O)OC1CC2(C)OC(O)(CC2O)C(C)=CC2OC(=O)C3(CCN=N3)C21. The molecule has 1 spiro atoms. The molecule has 4 aliphatic heterocycles. The van der Waals surface area contributed by atoms with Gasteiger partial charge in [-0.15, -0.1) is 0 Å². The Bertz CT molecular complexity index is 813. The maximum absolute atomic E-state index is 12.9. The zero-order valence-electron chi connectivity index (χ0n) is 17.8. The van der Waals surface area contributed by atoms with Gasteiger partial charge in [0.25, 0.3) is 0 Å². The Labute approximate surface area is 175 Å². The largest absolute Gasteiger partial charge is 0.461 e. The van der Waals surface area contributed by atoms with Gasteiger partial charge in [0, 0.05) is 19.3 Å². The lowest BCUT2D eigenvalue weighted by Crippen LogP contribution is -2.51. The van der Waals surface area contributed by atoms with Crippen LogP contribution in [0, 0.1) is 11.8 Å². The molecule has 0 radical (unpaired) electrons. The Morgan fingerprint density at radius 1 is 1.43 bits per heavy atom. The van der Waals surface area contributed by atoms with E-state index in [0.717, 1.165) is 0 Å². The highest BCUT2D eigenvalue weighted by atomic mass is 16.7. The maximum Gasteiger partial charge on any atom is 0.337 e. The summed E-state index contributed by atoms with van der Waals surface area (Å²) < 4.78 is 17.6. The van der Waals surface area contributed by atoms with Gasteiger partial charge in [-0.05, 0) is 31.9 Å². The van der Waals surface area contributed by atoms with Crippen molar-refractivity contribution in [1.29, 1.82) is 0 Å². The van der Waals surface area contributed by atoms with E-state index in [2.05, 4.69) is 10.2 Å². The number of ether oxygens (including phenoxy) is 3. The van der Waals surface area contributed by atoms with Crippen LogP contribution in [-0.4, -0.2) is 63.9 Å². The summed E-state index contributed by atoms with van der Waals surface area (Å²) in [5, 5.41) is 30.1. The van der Waals surface area contributed by atoms with Gasteiger partial charge in [-0.2, -0.15) is 10.2 Å². The number of aliphatic hydroxyl groups is 2. The van der Waals surface area contributed by atoms with E-state index in [0.29, 0.717) is 25.0 Å². The third-order valence-electron chi connectivity index (χ3n) is 7.24. The first-order valence-electron chi connectivity index (χ1n) is 10.6. The van der Waals surface area contributed by atoms with Crippen molar-refractivity contribution in [2.24, 2.45) is 22.1 Å². The van der Waals surface area contributed by atoms with Gasteiger partial charge in [-0.1, -0.05) is 13.8 Å². The predicted octanol–water partition coefficient (Wildman–Crippen LogP) is 1.66. The molecule has 0 aromatic carbocycles. The molecule has 8 atom stereocenters. The van der Waals surface area contributed by atoms with Crippen LogP contribution in [-0.2, 0) is 23.8 Å². The molecule has 30 heavy (non-hydrogen) atoms. The zero-order valence-corrected chi connectivity index (χ0v) is 17.8. The molecule has 2 bridgehead atoms. The highest BCUT2D eigenvalue weighted by Crippen LogP contribution is 2.51. The molecule has 8 unspecified atom stereocenters. The van der Waals surface area contributed by atoms with Crippen molar-refractivity contribution in [3.63, 3.8) is 0 Å². The number of aliphatic hydroxyl groups excluding tert-OH is 1. The summed E-state index contributed by atoms with van der Waals surface area (Å²) in [6, 6.07) is 0. The Morgan fingerprint density at radius 3 is 2.80 bits per heavy atom. The summed E-state index contributed by atoms with van der Waals surface area (Å²) in [5.74, 6) is -3.54. The van der Waals surface area contributed by atoms with Crippen LogP contribution in [0.15, 0.2) is 21.9 Å². The zero-order chi connectivity index (χ0) is 21.9. The summed E-state index contributed by atoms with van der Waals surface area (Å²) >= 11 is 0. The first-order valence-corrected chi connectivity index (χ1v) is 10.6. The van der Waals surface area contributed by atoms with Crippen molar-refractivity contribution in [2.45, 2.75) is 88.6 Å². The van der Waals surface area contributed by atoms with E-state index in [-0.39, 0.29) is 18.8 Å². The van der Waals surface area contributed by atoms with E-state index in [1.165, 1.54) is 0 Å². The lowest BCUT2D eigenvalue weighted by Gasteiger charge is -2.37. The van der Waals surface area contributed by atoms with E-state index < -0.39 is 53.1 Å². The molecule has 4 heterocycles. The third kappa shape index (κ3) is 3.09. The van der Waals surface area contributed by atoms with Crippen molar-refractivity contribution >= 4 is 11.9 Å². The lowest BCUT2D eigenvalue weighted by molar-refractivity contribution is -0.210. The second-order valence-corrected chi connectivity index (χ2v) is 9.29. The molecule has 2 fully saturated rings. The average Bonchev–Trinajstić information content (AvgIpc) is 3.32. The number of hydrogen-bond donors (Lipinski definition) is 2. The molecule has 4 rings (SSSR count). The summed E-state index contributed by atoms with van der Waals surface area (Å²) in [6.45, 7) is 7.42. The van der Waals surface area contributed by atoms with Crippen LogP contribution in [0.25, 0.3) is 0 Å². The fraction of sp³-hybridized carbons (Fsp3) is 0.810. The number of carbonyl (C=O) groups is 2. The summed E-state index contributed by atoms with van der Waals surface area (Å²) in [4.78, 5) is 25.7. The van der Waals surface area contributed by atoms with Crippen LogP contribution in [0.1, 0.15) is 53.4 Å². The number of azo groups is 1. The number of nitrogens with zero attached hydrogens (tertiary/aromatic N) is 2. The van der Waals surface area contributed by atoms with E-state index in [9.17, 15) is 19.8 Å². The standard InChI is InChI=1S/C21H30N2O7/c1-5-11(2)17(25)28-14-9-19(4)15(24)10-21(27,30-19)12(3)8-13-16(14)20(18(26)29-13)6-7-22-23-20/h8,11,13-16,24,27H,5-7,9-10H2,1-4H3. The van der Waals surface area contributed by atoms with Crippen molar-refractivity contribution in [1.82, 2.24) is 0 Å². The van der Waals surface area contributed by atoms with Crippen LogP contribution in [0.2, 0.25) is 0 Å². The van der Waals surface area contributed by atoms with E-state index in [4.69, 9.17) is 14.2 Å². The van der Waals surface area contributed by atoms with Crippen molar-refractivity contribution < 1.29 is 34.0 Å². The molecule has 2 saturated heterocycles. The average molecular weight is 422 g/mol. The minimum Gasteiger partial charge on any atom is -0.461 e. The molecule has 0 aromatic rings. The Morgan fingerprint density at radius 2 is 2.17 bits per heavy atom. The van der Waals surface area contributed by atoms with Crippen molar-refractivity contribution in [2.75, 3.05) is 6.54 Å². The van der Waals surface area contributed by atoms with Gasteiger partial charge in [0.05, 0.1) is 30.1 Å². The minimum atomic E-state index is -1.69. The van der Waals surface area contributed by atoms with E-state index in [1.807, 2.05) is 6.92 Å². The van der Waals surface area contributed by atoms with Gasteiger partial charge in [0.1, 0.15) is 12.2 Å². The van der Waals surface area contributed by atoms with E-state index >= 15 is 0 Å². The number of carbonyl (C=O) groups excluding carboxylic acids is 2. The maximum atomic E-state index is 12.9. The van der Waals surface area contributed by atoms with Crippen LogP contribution in [0.5, 0.6) is 0 Å². The second-order valence-electron chi connectivity index (χ2n) is 9.29. The Kier molecular flexibility index (Phi) is 5.06. The van der Waals surface area contributed by atoms with Gasteiger partial charge in [0.15, 0.2) is 11.3 Å². The third-order valence-corrected chi connectivity index (χ3v) is 7.24. The number of fused-ring (bicyclic) bond motifs is 4. The number of esters is 2. The van der Waals surface area contributed by atoms with E-state index in [1.54, 1.807) is 26.8 Å². The number of rotatable bonds is 3. The normalized spacial score (nSPS) is 45.9. The lowest BCUT2D eigenvalue weighted by atomic mass is 9.73. The Hall–Kier alpha value is -1.84. The van der Waals surface area contributed by atoms with Gasteiger partial charge in [-0.3, -0.25) is 4.79 Å². The van der Waals surface area contributed by atoms with Crippen LogP contribution < -0.4 is 0 Å². The first kappa shape index (κ1) is 21.4. The smallest absolute Gasteiger partial charge is 0.337 e. The molecular formula is C21H30N2O7. The second kappa shape index (κ2) is 7.10. The van der Waals surface area contributed by atoms with Crippen molar-refractivity contribution in [3.05, 3.63) is 11.6 Å². The topological polar surface area (TPSA) is 127 Å². The van der Waals surface area contributed by atoms with Crippen LogP contribution >= 0.6 is 0 Å². The quantitative estimate of drug-likeness (QED) is 0.523. The molecule has 2 N–H and O–H groups in total. The monoisotopic (exact) mass is 422 g/mol.